The lowest BCUT2D eigenvalue weighted by Crippen LogP contribution is -2.81. The van der Waals surface area contributed by atoms with Crippen molar-refractivity contribution in [2.75, 3.05) is 20.7 Å². The number of benzene rings is 1. The third-order valence-electron chi connectivity index (χ3n) is 6.95. The average molecular weight is 333 g/mol. The molecular weight excluding hydrogens is 310 g/mol. The first-order valence-corrected chi connectivity index (χ1v) is 8.61. The number of nitrogens with zero attached hydrogens (tertiary/aromatic N) is 1. The molecule has 1 saturated heterocycles. The minimum atomic E-state index is -1.32. The van der Waals surface area contributed by atoms with Crippen LogP contribution in [0.3, 0.4) is 0 Å². The topological polar surface area (TPSA) is 82.4 Å². The number of ether oxygens (including phenoxy) is 2. The van der Waals surface area contributed by atoms with Gasteiger partial charge in [-0.2, -0.15) is 0 Å². The SMILES string of the molecule is COc1ccc2c3c1O[C@H]1[C@@H](O)CC(O)[C@@]4(O)[C@@H](C2)N(C)CC[C@]314. The number of methoxy groups -OCH3 is 1. The van der Waals surface area contributed by atoms with E-state index >= 15 is 0 Å². The van der Waals surface area contributed by atoms with Crippen LogP contribution in [0.1, 0.15) is 24.0 Å². The summed E-state index contributed by atoms with van der Waals surface area (Å²) in [5.41, 5.74) is -0.0416. The van der Waals surface area contributed by atoms with Crippen molar-refractivity contribution in [1.82, 2.24) is 4.90 Å². The molecule has 24 heavy (non-hydrogen) atoms. The maximum absolute atomic E-state index is 11.8. The fourth-order valence-corrected chi connectivity index (χ4v) is 5.93. The van der Waals surface area contributed by atoms with Crippen LogP contribution in [-0.2, 0) is 11.8 Å². The average Bonchev–Trinajstić information content (AvgIpc) is 2.91. The first-order valence-electron chi connectivity index (χ1n) is 8.61. The van der Waals surface area contributed by atoms with Crippen molar-refractivity contribution < 1.29 is 24.8 Å². The number of hydrogen-bond donors (Lipinski definition) is 3. The zero-order chi connectivity index (χ0) is 16.9. The Balaban J connectivity index is 1.86. The Kier molecular flexibility index (Phi) is 2.76. The van der Waals surface area contributed by atoms with Crippen LogP contribution < -0.4 is 9.47 Å². The van der Waals surface area contributed by atoms with Crippen molar-refractivity contribution in [3.8, 4) is 11.5 Å². The van der Waals surface area contributed by atoms with Crippen LogP contribution in [-0.4, -0.2) is 70.9 Å². The molecule has 1 aromatic carbocycles. The van der Waals surface area contributed by atoms with Crippen molar-refractivity contribution in [3.63, 3.8) is 0 Å². The van der Waals surface area contributed by atoms with E-state index < -0.39 is 29.3 Å². The Bertz CT molecular complexity index is 724. The highest BCUT2D eigenvalue weighted by Gasteiger charge is 2.75. The summed E-state index contributed by atoms with van der Waals surface area (Å²) in [4.78, 5) is 2.13. The van der Waals surface area contributed by atoms with Crippen LogP contribution in [0.15, 0.2) is 12.1 Å². The van der Waals surface area contributed by atoms with Gasteiger partial charge in [-0.3, -0.25) is 0 Å². The summed E-state index contributed by atoms with van der Waals surface area (Å²) in [6, 6.07) is 3.74. The monoisotopic (exact) mass is 333 g/mol. The lowest BCUT2D eigenvalue weighted by molar-refractivity contribution is -0.251. The van der Waals surface area contributed by atoms with Crippen LogP contribution >= 0.6 is 0 Å². The van der Waals surface area contributed by atoms with Gasteiger partial charge in [0.05, 0.1) is 24.7 Å². The standard InChI is InChI=1S/C18H23NO5/c1-19-6-5-17-14-9-3-4-11(23-2)15(14)24-16(17)10(20)8-13(21)18(17,22)12(19)7-9/h3-4,10,12-13,16,20-22H,5-8H2,1-2H3/t10-,12+,13?,16-,17-,18-/m0/s1. The molecule has 0 radical (unpaired) electrons. The van der Waals surface area contributed by atoms with Crippen LogP contribution in [0.4, 0.5) is 0 Å². The van der Waals surface area contributed by atoms with Gasteiger partial charge < -0.3 is 29.7 Å². The number of aliphatic hydroxyl groups excluding tert-OH is 2. The highest BCUT2D eigenvalue weighted by molar-refractivity contribution is 5.63. The van der Waals surface area contributed by atoms with E-state index in [-0.39, 0.29) is 12.5 Å². The van der Waals surface area contributed by atoms with Crippen molar-refractivity contribution in [1.29, 1.82) is 0 Å². The maximum atomic E-state index is 11.8. The zero-order valence-corrected chi connectivity index (χ0v) is 13.9. The molecule has 6 heteroatoms. The number of hydrogen-bond acceptors (Lipinski definition) is 6. The molecule has 1 aromatic rings. The van der Waals surface area contributed by atoms with Gasteiger partial charge in [0.2, 0.25) is 0 Å². The molecule has 2 aliphatic heterocycles. The summed E-state index contributed by atoms with van der Waals surface area (Å²) in [5, 5.41) is 33.3. The second-order valence-electron chi connectivity index (χ2n) is 7.74. The second-order valence-corrected chi connectivity index (χ2v) is 7.74. The summed E-state index contributed by atoms with van der Waals surface area (Å²) in [6.45, 7) is 0.794. The van der Waals surface area contributed by atoms with E-state index in [0.29, 0.717) is 24.3 Å². The number of likely N-dealkylation sites (N-methyl/N-ethyl adjacent to an activating group) is 1. The van der Waals surface area contributed by atoms with E-state index in [1.165, 1.54) is 0 Å². The molecule has 0 aromatic heterocycles. The first-order chi connectivity index (χ1) is 11.4. The van der Waals surface area contributed by atoms with Gasteiger partial charge >= 0.3 is 0 Å². The van der Waals surface area contributed by atoms with Gasteiger partial charge in [0.15, 0.2) is 11.5 Å². The zero-order valence-electron chi connectivity index (χ0n) is 13.9. The predicted octanol–water partition coefficient (Wildman–Crippen LogP) is -0.189. The van der Waals surface area contributed by atoms with Crippen molar-refractivity contribution >= 4 is 0 Å². The minimum absolute atomic E-state index is 0.124. The van der Waals surface area contributed by atoms with Crippen LogP contribution in [0.25, 0.3) is 0 Å². The van der Waals surface area contributed by atoms with Gasteiger partial charge in [-0.05, 0) is 38.1 Å². The fraction of sp³-hybridized carbons (Fsp3) is 0.667. The fourth-order valence-electron chi connectivity index (χ4n) is 5.93. The van der Waals surface area contributed by atoms with E-state index in [0.717, 1.165) is 17.7 Å². The maximum Gasteiger partial charge on any atom is 0.166 e. The third kappa shape index (κ3) is 1.36. The first kappa shape index (κ1) is 15.0. The molecule has 1 unspecified atom stereocenters. The summed E-state index contributed by atoms with van der Waals surface area (Å²) in [5.74, 6) is 1.26. The molecule has 6 nitrogen and oxygen atoms in total. The van der Waals surface area contributed by atoms with Gasteiger partial charge in [-0.1, -0.05) is 6.07 Å². The van der Waals surface area contributed by atoms with E-state index in [2.05, 4.69) is 4.90 Å². The quantitative estimate of drug-likeness (QED) is 0.661. The summed E-state index contributed by atoms with van der Waals surface area (Å²) in [7, 11) is 3.59. The van der Waals surface area contributed by atoms with E-state index in [9.17, 15) is 15.3 Å². The van der Waals surface area contributed by atoms with Gasteiger partial charge in [0.1, 0.15) is 11.7 Å². The third-order valence-corrected chi connectivity index (χ3v) is 6.95. The number of likely N-dealkylation sites (tertiary alicyclic amines) is 1. The van der Waals surface area contributed by atoms with E-state index in [1.807, 2.05) is 19.2 Å². The molecule has 130 valence electrons. The molecule has 1 saturated carbocycles. The molecule has 0 amide bonds. The van der Waals surface area contributed by atoms with Gasteiger partial charge in [0.25, 0.3) is 0 Å². The summed E-state index contributed by atoms with van der Waals surface area (Å²) in [6.07, 6.45) is -0.920. The normalized spacial score (nSPS) is 45.5. The van der Waals surface area contributed by atoms with E-state index in [4.69, 9.17) is 9.47 Å². The predicted molar refractivity (Wildman–Crippen MR) is 85.4 cm³/mol. The Hall–Kier alpha value is -1.34. The highest BCUT2D eigenvalue weighted by Crippen LogP contribution is 2.65. The van der Waals surface area contributed by atoms with Crippen LogP contribution in [0, 0.1) is 0 Å². The molecule has 3 N–H and O–H groups in total. The van der Waals surface area contributed by atoms with E-state index in [1.54, 1.807) is 7.11 Å². The smallest absolute Gasteiger partial charge is 0.166 e. The molecule has 2 fully saturated rings. The molecule has 2 aliphatic carbocycles. The van der Waals surface area contributed by atoms with Crippen molar-refractivity contribution in [3.05, 3.63) is 23.3 Å². The molecule has 1 spiro atoms. The van der Waals surface area contributed by atoms with Gasteiger partial charge in [0, 0.05) is 18.0 Å². The molecule has 2 heterocycles. The molecule has 5 rings (SSSR count). The largest absolute Gasteiger partial charge is 0.493 e. The van der Waals surface area contributed by atoms with Gasteiger partial charge in [-0.15, -0.1) is 0 Å². The Morgan fingerprint density at radius 3 is 2.88 bits per heavy atom. The van der Waals surface area contributed by atoms with Crippen molar-refractivity contribution in [2.45, 2.75) is 54.6 Å². The van der Waals surface area contributed by atoms with Crippen LogP contribution in [0.5, 0.6) is 11.5 Å². The Morgan fingerprint density at radius 1 is 1.33 bits per heavy atom. The summed E-state index contributed by atoms with van der Waals surface area (Å²) < 4.78 is 11.7. The van der Waals surface area contributed by atoms with Crippen molar-refractivity contribution in [2.24, 2.45) is 0 Å². The number of rotatable bonds is 1. The Labute approximate surface area is 140 Å². The molecule has 4 aliphatic rings. The molecular formula is C18H23NO5. The second kappa shape index (κ2) is 4.43. The highest BCUT2D eigenvalue weighted by atomic mass is 16.5. The Morgan fingerprint density at radius 2 is 2.12 bits per heavy atom. The molecule has 2 bridgehead atoms. The lowest BCUT2D eigenvalue weighted by Gasteiger charge is -2.64. The number of piperidine rings is 1. The number of aliphatic hydroxyl groups is 3. The van der Waals surface area contributed by atoms with Gasteiger partial charge in [-0.25, -0.2) is 0 Å². The summed E-state index contributed by atoms with van der Waals surface area (Å²) >= 11 is 0. The minimum Gasteiger partial charge on any atom is -0.493 e. The lowest BCUT2D eigenvalue weighted by atomic mass is 9.48. The van der Waals surface area contributed by atoms with Crippen LogP contribution in [0.2, 0.25) is 0 Å². The molecule has 6 atom stereocenters.